The molecule has 1 heterocycles. The smallest absolute Gasteiger partial charge is 0.410 e. The summed E-state index contributed by atoms with van der Waals surface area (Å²) in [7, 11) is 0. The Morgan fingerprint density at radius 3 is 2.24 bits per heavy atom. The third-order valence-corrected chi connectivity index (χ3v) is 2.53. The Morgan fingerprint density at radius 1 is 1.29 bits per heavy atom. The van der Waals surface area contributed by atoms with Gasteiger partial charge in [0.15, 0.2) is 0 Å². The van der Waals surface area contributed by atoms with Crippen LogP contribution in [-0.4, -0.2) is 59.2 Å². The lowest BCUT2D eigenvalue weighted by Crippen LogP contribution is -2.51. The molecule has 1 aliphatic heterocycles. The minimum atomic E-state index is -0.437. The van der Waals surface area contributed by atoms with E-state index in [4.69, 9.17) is 22.7 Å². The molecule has 98 valence electrons. The van der Waals surface area contributed by atoms with E-state index in [1.165, 1.54) is 0 Å². The molecule has 0 bridgehead atoms. The summed E-state index contributed by atoms with van der Waals surface area (Å²) in [6.07, 6.45) is -0.243. The van der Waals surface area contributed by atoms with Crippen molar-refractivity contribution >= 4 is 23.3 Å². The van der Waals surface area contributed by atoms with Crippen molar-refractivity contribution in [3.8, 4) is 0 Å². The van der Waals surface area contributed by atoms with E-state index in [1.54, 1.807) is 4.90 Å². The van der Waals surface area contributed by atoms with Gasteiger partial charge in [0.05, 0.1) is 4.99 Å². The van der Waals surface area contributed by atoms with Crippen LogP contribution in [0.5, 0.6) is 0 Å². The van der Waals surface area contributed by atoms with Crippen LogP contribution in [0.15, 0.2) is 0 Å². The molecule has 2 N–H and O–H groups in total. The molecule has 0 unspecified atom stereocenters. The molecule has 6 heteroatoms. The standard InChI is InChI=1S/C11H21N3O2S/c1-11(2,3)16-10(15)14-6-4-13(5-7-14)8-9(12)17/h4-8H2,1-3H3,(H2,12,17). The van der Waals surface area contributed by atoms with Crippen LogP contribution in [0.25, 0.3) is 0 Å². The first-order chi connectivity index (χ1) is 7.78. The van der Waals surface area contributed by atoms with Crippen LogP contribution in [0.1, 0.15) is 20.8 Å². The molecule has 0 spiro atoms. The van der Waals surface area contributed by atoms with Crippen LogP contribution in [-0.2, 0) is 4.74 Å². The molecule has 0 aromatic carbocycles. The summed E-state index contributed by atoms with van der Waals surface area (Å²) in [5.41, 5.74) is 5.05. The average molecular weight is 259 g/mol. The molecule has 0 saturated carbocycles. The van der Waals surface area contributed by atoms with Crippen molar-refractivity contribution in [2.75, 3.05) is 32.7 Å². The Balaban J connectivity index is 2.36. The second kappa shape index (κ2) is 5.64. The van der Waals surface area contributed by atoms with Crippen LogP contribution in [0.3, 0.4) is 0 Å². The van der Waals surface area contributed by atoms with E-state index in [2.05, 4.69) is 4.90 Å². The average Bonchev–Trinajstić information content (AvgIpc) is 2.15. The first-order valence-electron chi connectivity index (χ1n) is 5.76. The molecule has 1 saturated heterocycles. The number of hydrogen-bond donors (Lipinski definition) is 1. The lowest BCUT2D eigenvalue weighted by molar-refractivity contribution is 0.0157. The number of hydrogen-bond acceptors (Lipinski definition) is 4. The molecule has 1 rings (SSSR count). The Kier molecular flexibility index (Phi) is 4.70. The highest BCUT2D eigenvalue weighted by atomic mass is 32.1. The van der Waals surface area contributed by atoms with Crippen molar-refractivity contribution in [1.29, 1.82) is 0 Å². The van der Waals surface area contributed by atoms with Gasteiger partial charge in [0.25, 0.3) is 0 Å². The first-order valence-corrected chi connectivity index (χ1v) is 6.17. The molecule has 0 aromatic rings. The molecular formula is C11H21N3O2S. The SMILES string of the molecule is CC(C)(C)OC(=O)N1CCN(CC(N)=S)CC1. The summed E-state index contributed by atoms with van der Waals surface area (Å²) < 4.78 is 5.31. The third kappa shape index (κ3) is 5.32. The number of piperazine rings is 1. The maximum absolute atomic E-state index is 11.8. The van der Waals surface area contributed by atoms with Gasteiger partial charge in [-0.2, -0.15) is 0 Å². The highest BCUT2D eigenvalue weighted by Crippen LogP contribution is 2.11. The lowest BCUT2D eigenvalue weighted by Gasteiger charge is -2.35. The topological polar surface area (TPSA) is 58.8 Å². The summed E-state index contributed by atoms with van der Waals surface area (Å²) >= 11 is 4.86. The third-order valence-electron chi connectivity index (χ3n) is 2.40. The van der Waals surface area contributed by atoms with E-state index < -0.39 is 5.60 Å². The van der Waals surface area contributed by atoms with Crippen LogP contribution < -0.4 is 5.73 Å². The van der Waals surface area contributed by atoms with Gasteiger partial charge < -0.3 is 15.4 Å². The molecule has 0 atom stereocenters. The number of nitrogens with two attached hydrogens (primary N) is 1. The molecule has 1 aliphatic rings. The summed E-state index contributed by atoms with van der Waals surface area (Å²) in [6, 6.07) is 0. The molecule has 1 fully saturated rings. The number of nitrogens with zero attached hydrogens (tertiary/aromatic N) is 2. The highest BCUT2D eigenvalue weighted by Gasteiger charge is 2.25. The quantitative estimate of drug-likeness (QED) is 0.744. The van der Waals surface area contributed by atoms with Crippen LogP contribution in [0.4, 0.5) is 4.79 Å². The molecule has 0 aromatic heterocycles. The Morgan fingerprint density at radius 2 is 1.82 bits per heavy atom. The largest absolute Gasteiger partial charge is 0.444 e. The highest BCUT2D eigenvalue weighted by molar-refractivity contribution is 7.80. The van der Waals surface area contributed by atoms with Crippen LogP contribution >= 0.6 is 12.2 Å². The van der Waals surface area contributed by atoms with Crippen LogP contribution in [0, 0.1) is 0 Å². The summed E-state index contributed by atoms with van der Waals surface area (Å²) in [5.74, 6) is 0. The number of thiocarbonyl (C=S) groups is 1. The molecule has 0 aliphatic carbocycles. The van der Waals surface area contributed by atoms with Crippen molar-refractivity contribution in [3.63, 3.8) is 0 Å². The van der Waals surface area contributed by atoms with Crippen molar-refractivity contribution < 1.29 is 9.53 Å². The fourth-order valence-electron chi connectivity index (χ4n) is 1.64. The molecule has 5 nitrogen and oxygen atoms in total. The normalized spacial score (nSPS) is 17.9. The van der Waals surface area contributed by atoms with Crippen molar-refractivity contribution in [2.45, 2.75) is 26.4 Å². The van der Waals surface area contributed by atoms with Crippen molar-refractivity contribution in [3.05, 3.63) is 0 Å². The van der Waals surface area contributed by atoms with Gasteiger partial charge in [0.2, 0.25) is 0 Å². The van der Waals surface area contributed by atoms with E-state index in [9.17, 15) is 4.79 Å². The lowest BCUT2D eigenvalue weighted by atomic mass is 10.2. The number of ether oxygens (including phenoxy) is 1. The van der Waals surface area contributed by atoms with Gasteiger partial charge in [0, 0.05) is 32.7 Å². The predicted octanol–water partition coefficient (Wildman–Crippen LogP) is 0.825. The second-order valence-corrected chi connectivity index (χ2v) is 5.73. The van der Waals surface area contributed by atoms with E-state index in [1.807, 2.05) is 20.8 Å². The van der Waals surface area contributed by atoms with Crippen molar-refractivity contribution in [1.82, 2.24) is 9.80 Å². The maximum Gasteiger partial charge on any atom is 0.410 e. The zero-order valence-corrected chi connectivity index (χ0v) is 11.5. The molecular weight excluding hydrogens is 238 g/mol. The van der Waals surface area contributed by atoms with Crippen molar-refractivity contribution in [2.24, 2.45) is 5.73 Å². The molecule has 17 heavy (non-hydrogen) atoms. The van der Waals surface area contributed by atoms with Gasteiger partial charge in [-0.05, 0) is 20.8 Å². The van der Waals surface area contributed by atoms with Gasteiger partial charge in [-0.1, -0.05) is 12.2 Å². The van der Waals surface area contributed by atoms with E-state index in [-0.39, 0.29) is 6.09 Å². The minimum Gasteiger partial charge on any atom is -0.444 e. The van der Waals surface area contributed by atoms with Gasteiger partial charge in [-0.25, -0.2) is 4.79 Å². The van der Waals surface area contributed by atoms with E-state index in [0.717, 1.165) is 13.1 Å². The van der Waals surface area contributed by atoms with Gasteiger partial charge >= 0.3 is 6.09 Å². The zero-order chi connectivity index (χ0) is 13.1. The Bertz CT molecular complexity index is 294. The predicted molar refractivity (Wildman–Crippen MR) is 71.0 cm³/mol. The number of rotatable bonds is 2. The fourth-order valence-corrected chi connectivity index (χ4v) is 1.82. The number of amides is 1. The number of carbonyl (C=O) groups is 1. The Labute approximate surface area is 108 Å². The number of carbonyl (C=O) groups excluding carboxylic acids is 1. The van der Waals surface area contributed by atoms with Gasteiger partial charge in [0.1, 0.15) is 5.60 Å². The molecule has 1 amide bonds. The fraction of sp³-hybridized carbons (Fsp3) is 0.818. The minimum absolute atomic E-state index is 0.243. The zero-order valence-electron chi connectivity index (χ0n) is 10.7. The summed E-state index contributed by atoms with van der Waals surface area (Å²) in [5, 5.41) is 0. The van der Waals surface area contributed by atoms with Gasteiger partial charge in [-0.3, -0.25) is 4.90 Å². The Hall–Kier alpha value is -0.880. The summed E-state index contributed by atoms with van der Waals surface area (Å²) in [6.45, 7) is 9.13. The maximum atomic E-state index is 11.8. The first kappa shape index (κ1) is 14.2. The van der Waals surface area contributed by atoms with Gasteiger partial charge in [-0.15, -0.1) is 0 Å². The second-order valence-electron chi connectivity index (χ2n) is 5.21. The van der Waals surface area contributed by atoms with E-state index >= 15 is 0 Å². The summed E-state index contributed by atoms with van der Waals surface area (Å²) in [4.78, 5) is 16.1. The monoisotopic (exact) mass is 259 g/mol. The molecule has 0 radical (unpaired) electrons. The van der Waals surface area contributed by atoms with Crippen LogP contribution in [0.2, 0.25) is 0 Å². The van der Waals surface area contributed by atoms with E-state index in [0.29, 0.717) is 24.6 Å².